The molecule has 10 heteroatoms. The number of alkyl halides is 6. The molecule has 3 rings (SSSR count). The number of hydrogen-bond donors (Lipinski definition) is 2. The molecular weight excluding hydrogens is 450 g/mol. The minimum Gasteiger partial charge on any atom is -0.494 e. The molecule has 1 heterocycles. The number of carbonyl (C=O) groups is 1. The number of carbonyl (C=O) groups excluding carboxylic acids is 1. The quantitative estimate of drug-likeness (QED) is 0.413. The van der Waals surface area contributed by atoms with E-state index in [4.69, 9.17) is 10.1 Å². The van der Waals surface area contributed by atoms with Crippen molar-refractivity contribution in [3.63, 3.8) is 0 Å². The molecule has 2 aromatic rings. The van der Waals surface area contributed by atoms with Gasteiger partial charge in [-0.2, -0.15) is 26.3 Å². The molecule has 1 saturated heterocycles. The minimum absolute atomic E-state index is 0.114. The van der Waals surface area contributed by atoms with E-state index in [1.54, 1.807) is 24.3 Å². The van der Waals surface area contributed by atoms with Gasteiger partial charge in [-0.15, -0.1) is 0 Å². The Morgan fingerprint density at radius 3 is 2.18 bits per heavy atom. The Hall–Kier alpha value is -3.04. The lowest BCUT2D eigenvalue weighted by Gasteiger charge is -2.43. The van der Waals surface area contributed by atoms with Crippen LogP contribution in [0.3, 0.4) is 0 Å². The van der Waals surface area contributed by atoms with Crippen molar-refractivity contribution in [2.24, 2.45) is 0 Å². The van der Waals surface area contributed by atoms with Crippen molar-refractivity contribution in [1.29, 1.82) is 5.41 Å². The number of benzene rings is 2. The minimum atomic E-state index is -4.87. The first-order valence-electron chi connectivity index (χ1n) is 10.2. The molecule has 1 aliphatic rings. The molecule has 0 aromatic heterocycles. The van der Waals surface area contributed by atoms with Gasteiger partial charge in [0.05, 0.1) is 6.61 Å². The Balaban J connectivity index is 1.87. The number of nitrogens with one attached hydrogen (secondary N) is 2. The summed E-state index contributed by atoms with van der Waals surface area (Å²) in [6.07, 6.45) is -11.1. The van der Waals surface area contributed by atoms with Gasteiger partial charge in [0.15, 0.2) is 5.54 Å². The Morgan fingerprint density at radius 1 is 1.03 bits per heavy atom. The summed E-state index contributed by atoms with van der Waals surface area (Å²) in [6.45, 7) is 1.57. The summed E-state index contributed by atoms with van der Waals surface area (Å²) in [4.78, 5) is 12.5. The van der Waals surface area contributed by atoms with Crippen LogP contribution in [0.15, 0.2) is 48.5 Å². The van der Waals surface area contributed by atoms with Crippen LogP contribution in [0.5, 0.6) is 5.75 Å². The van der Waals surface area contributed by atoms with Crippen molar-refractivity contribution in [1.82, 2.24) is 5.32 Å². The van der Waals surface area contributed by atoms with Crippen molar-refractivity contribution in [2.45, 2.75) is 50.0 Å². The first kappa shape index (κ1) is 24.6. The predicted octanol–water partition coefficient (Wildman–Crippen LogP) is 5.80. The molecule has 1 aliphatic heterocycles. The molecular formula is C23H22F6N2O2. The lowest BCUT2D eigenvalue weighted by molar-refractivity contribution is -0.206. The summed E-state index contributed by atoms with van der Waals surface area (Å²) >= 11 is 0. The summed E-state index contributed by atoms with van der Waals surface area (Å²) in [5, 5.41) is 10.1. The van der Waals surface area contributed by atoms with Gasteiger partial charge >= 0.3 is 12.4 Å². The number of amides is 1. The van der Waals surface area contributed by atoms with E-state index >= 15 is 0 Å². The zero-order chi connectivity index (χ0) is 24.4. The SMILES string of the molecule is Cc1ccc(C2CC(c3ccc(OCCCC(F)(F)F)cc3)(C(F)(F)F)NC(=O)C2=N)cc1. The largest absolute Gasteiger partial charge is 0.494 e. The number of rotatable bonds is 6. The average molecular weight is 472 g/mol. The Labute approximate surface area is 186 Å². The third kappa shape index (κ3) is 5.48. The monoisotopic (exact) mass is 472 g/mol. The van der Waals surface area contributed by atoms with Gasteiger partial charge < -0.3 is 10.1 Å². The van der Waals surface area contributed by atoms with Gasteiger partial charge in [0.1, 0.15) is 11.5 Å². The Kier molecular flexibility index (Phi) is 6.76. The summed E-state index contributed by atoms with van der Waals surface area (Å²) in [5.41, 5.74) is -2.13. The fraction of sp³-hybridized carbons (Fsp3) is 0.391. The molecule has 2 N–H and O–H groups in total. The molecule has 0 spiro atoms. The first-order chi connectivity index (χ1) is 15.3. The van der Waals surface area contributed by atoms with Crippen molar-refractivity contribution in [2.75, 3.05) is 6.61 Å². The molecule has 2 aromatic carbocycles. The van der Waals surface area contributed by atoms with Gasteiger partial charge in [0.25, 0.3) is 5.91 Å². The smallest absolute Gasteiger partial charge is 0.415 e. The highest BCUT2D eigenvalue weighted by Gasteiger charge is 2.60. The first-order valence-corrected chi connectivity index (χ1v) is 10.2. The van der Waals surface area contributed by atoms with E-state index in [2.05, 4.69) is 0 Å². The zero-order valence-corrected chi connectivity index (χ0v) is 17.6. The molecule has 2 atom stereocenters. The van der Waals surface area contributed by atoms with Crippen LogP contribution in [0.1, 0.15) is 41.9 Å². The zero-order valence-electron chi connectivity index (χ0n) is 17.6. The molecule has 33 heavy (non-hydrogen) atoms. The van der Waals surface area contributed by atoms with Crippen LogP contribution in [0.2, 0.25) is 0 Å². The number of hydrogen-bond acceptors (Lipinski definition) is 3. The average Bonchev–Trinajstić information content (AvgIpc) is 2.73. The van der Waals surface area contributed by atoms with E-state index in [9.17, 15) is 31.1 Å². The maximum atomic E-state index is 14.4. The molecule has 1 amide bonds. The molecule has 4 nitrogen and oxygen atoms in total. The van der Waals surface area contributed by atoms with Gasteiger partial charge in [-0.05, 0) is 43.0 Å². The topological polar surface area (TPSA) is 62.2 Å². The summed E-state index contributed by atoms with van der Waals surface area (Å²) in [7, 11) is 0. The van der Waals surface area contributed by atoms with Crippen LogP contribution in [-0.4, -0.2) is 30.6 Å². The molecule has 1 fully saturated rings. The number of aryl methyl sites for hydroxylation is 1. The second kappa shape index (κ2) is 9.07. The highest BCUT2D eigenvalue weighted by Crippen LogP contribution is 2.48. The molecule has 178 valence electrons. The highest BCUT2D eigenvalue weighted by atomic mass is 19.4. The van der Waals surface area contributed by atoms with Crippen LogP contribution >= 0.6 is 0 Å². The Morgan fingerprint density at radius 2 is 1.64 bits per heavy atom. The van der Waals surface area contributed by atoms with Gasteiger partial charge in [-0.3, -0.25) is 10.2 Å². The third-order valence-corrected chi connectivity index (χ3v) is 5.61. The van der Waals surface area contributed by atoms with Gasteiger partial charge in [-0.25, -0.2) is 0 Å². The van der Waals surface area contributed by atoms with Gasteiger partial charge in [0.2, 0.25) is 0 Å². The molecule has 0 aliphatic carbocycles. The maximum Gasteiger partial charge on any atom is 0.415 e. The van der Waals surface area contributed by atoms with Crippen molar-refractivity contribution in [3.8, 4) is 5.75 Å². The van der Waals surface area contributed by atoms with E-state index in [1.807, 2.05) is 12.2 Å². The summed E-state index contributed by atoms with van der Waals surface area (Å²) in [6, 6.07) is 11.3. The van der Waals surface area contributed by atoms with Crippen molar-refractivity contribution >= 4 is 11.6 Å². The molecule has 0 saturated carbocycles. The van der Waals surface area contributed by atoms with Crippen LogP contribution in [0.25, 0.3) is 0 Å². The lowest BCUT2D eigenvalue weighted by Crippen LogP contribution is -2.62. The second-order valence-corrected chi connectivity index (χ2v) is 8.03. The van der Waals surface area contributed by atoms with E-state index in [0.29, 0.717) is 5.56 Å². The van der Waals surface area contributed by atoms with Crippen LogP contribution < -0.4 is 10.1 Å². The van der Waals surface area contributed by atoms with Gasteiger partial charge in [-0.1, -0.05) is 42.0 Å². The van der Waals surface area contributed by atoms with Crippen LogP contribution in [-0.2, 0) is 10.3 Å². The second-order valence-electron chi connectivity index (χ2n) is 8.03. The van der Waals surface area contributed by atoms with E-state index in [1.165, 1.54) is 12.1 Å². The number of ether oxygens (including phenoxy) is 1. The number of halogens is 6. The van der Waals surface area contributed by atoms with E-state index in [0.717, 1.165) is 17.7 Å². The molecule has 2 unspecified atom stereocenters. The third-order valence-electron chi connectivity index (χ3n) is 5.61. The fourth-order valence-corrected chi connectivity index (χ4v) is 3.80. The van der Waals surface area contributed by atoms with Gasteiger partial charge in [0, 0.05) is 12.3 Å². The molecule has 0 radical (unpaired) electrons. The normalized spacial score (nSPS) is 21.6. The summed E-state index contributed by atoms with van der Waals surface area (Å²) < 4.78 is 85.0. The van der Waals surface area contributed by atoms with E-state index < -0.39 is 48.3 Å². The lowest BCUT2D eigenvalue weighted by atomic mass is 9.73. The van der Waals surface area contributed by atoms with Crippen molar-refractivity contribution < 1.29 is 35.9 Å². The fourth-order valence-electron chi connectivity index (χ4n) is 3.80. The molecule has 0 bridgehead atoms. The number of piperidine rings is 1. The van der Waals surface area contributed by atoms with Crippen molar-refractivity contribution in [3.05, 3.63) is 65.2 Å². The van der Waals surface area contributed by atoms with Crippen LogP contribution in [0, 0.1) is 12.3 Å². The standard InChI is InChI=1S/C23H22F6N2O2/c1-14-3-5-15(6-4-14)18-13-21(23(27,28)29,31-20(32)19(18)30)16-7-9-17(10-8-16)33-12-2-11-22(24,25)26/h3-10,18,30H,2,11-13H2,1H3,(H,31,32). The van der Waals surface area contributed by atoms with E-state index in [-0.39, 0.29) is 24.3 Å². The van der Waals surface area contributed by atoms with Crippen LogP contribution in [0.4, 0.5) is 26.3 Å². The highest BCUT2D eigenvalue weighted by molar-refractivity contribution is 6.40. The summed E-state index contributed by atoms with van der Waals surface area (Å²) in [5.74, 6) is -2.07. The Bertz CT molecular complexity index is 1000. The predicted molar refractivity (Wildman–Crippen MR) is 109 cm³/mol. The maximum absolute atomic E-state index is 14.4.